The fourth-order valence-corrected chi connectivity index (χ4v) is 5.90. The fraction of sp³-hybridized carbons (Fsp3) is 0.647. The second-order valence-corrected chi connectivity index (χ2v) is 12.6. The van der Waals surface area contributed by atoms with Crippen molar-refractivity contribution in [2.24, 2.45) is 23.7 Å². The minimum atomic E-state index is -0.0673. The molecular weight excluding hydrogens is 494 g/mol. The molecule has 2 aromatic rings. The van der Waals surface area contributed by atoms with E-state index >= 15 is 0 Å². The monoisotopic (exact) mass is 546 g/mol. The Morgan fingerprint density at radius 2 is 1.34 bits per heavy atom. The zero-order chi connectivity index (χ0) is 26.9. The van der Waals surface area contributed by atoms with Gasteiger partial charge in [0.1, 0.15) is 5.82 Å². The average molecular weight is 547 g/mol. The summed E-state index contributed by atoms with van der Waals surface area (Å²) in [6.45, 7) is 22.6. The van der Waals surface area contributed by atoms with Crippen molar-refractivity contribution in [3.05, 3.63) is 70.5 Å². The summed E-state index contributed by atoms with van der Waals surface area (Å²) in [5, 5.41) is 0. The van der Waals surface area contributed by atoms with Gasteiger partial charge in [0.05, 0.1) is 0 Å². The van der Waals surface area contributed by atoms with E-state index in [1.807, 2.05) is 12.1 Å². The Morgan fingerprint density at radius 1 is 0.816 bits per heavy atom. The summed E-state index contributed by atoms with van der Waals surface area (Å²) >= 11 is 0. The fourth-order valence-electron chi connectivity index (χ4n) is 5.90. The molecule has 2 aliphatic heterocycles. The molecule has 2 fully saturated rings. The van der Waals surface area contributed by atoms with Gasteiger partial charge in [-0.25, -0.2) is 4.39 Å². The molecule has 4 rings (SSSR count). The van der Waals surface area contributed by atoms with Crippen LogP contribution in [0.1, 0.15) is 95.4 Å². The van der Waals surface area contributed by atoms with E-state index < -0.39 is 0 Å². The van der Waals surface area contributed by atoms with Gasteiger partial charge in [-0.3, -0.25) is 4.90 Å². The summed E-state index contributed by atoms with van der Waals surface area (Å²) in [5.74, 6) is 3.66. The largest absolute Gasteiger partial charge is 1.00 e. The minimum absolute atomic E-state index is 0. The first-order valence-corrected chi connectivity index (χ1v) is 14.8. The molecule has 4 heteroatoms. The van der Waals surface area contributed by atoms with Crippen LogP contribution in [-0.2, 0) is 13.1 Å². The third-order valence-electron chi connectivity index (χ3n) is 8.83. The van der Waals surface area contributed by atoms with E-state index in [4.69, 9.17) is 0 Å². The van der Waals surface area contributed by atoms with Crippen molar-refractivity contribution in [2.45, 2.75) is 93.2 Å². The van der Waals surface area contributed by atoms with E-state index in [9.17, 15) is 4.39 Å². The van der Waals surface area contributed by atoms with Crippen LogP contribution in [0.4, 0.5) is 4.39 Å². The molecule has 2 saturated heterocycles. The van der Waals surface area contributed by atoms with Crippen LogP contribution >= 0.6 is 0 Å². The van der Waals surface area contributed by atoms with Crippen molar-refractivity contribution >= 4 is 0 Å². The van der Waals surface area contributed by atoms with Gasteiger partial charge >= 0.3 is 51.4 Å². The molecule has 0 aliphatic carbocycles. The van der Waals surface area contributed by atoms with E-state index in [0.29, 0.717) is 0 Å². The molecule has 2 aromatic carbocycles. The molecule has 206 valence electrons. The predicted molar refractivity (Wildman–Crippen MR) is 156 cm³/mol. The SMILES string of the molecule is CC(C)c1cc(CN2CCC(C(C)C)CC2)ccc1F.Cc1cc[c-]cc1CN1CCC(C(C)C)CC1.[K+]. The minimum Gasteiger partial charge on any atom is -0.310 e. The van der Waals surface area contributed by atoms with Crippen LogP contribution in [0.2, 0.25) is 0 Å². The van der Waals surface area contributed by atoms with E-state index in [1.165, 1.54) is 68.6 Å². The summed E-state index contributed by atoms with van der Waals surface area (Å²) in [6.07, 6.45) is 5.34. The van der Waals surface area contributed by atoms with Gasteiger partial charge in [0.15, 0.2) is 0 Å². The average Bonchev–Trinajstić information content (AvgIpc) is 2.87. The summed E-state index contributed by atoms with van der Waals surface area (Å²) < 4.78 is 13.7. The second kappa shape index (κ2) is 17.0. The zero-order valence-corrected chi connectivity index (χ0v) is 28.8. The molecule has 0 atom stereocenters. The standard InChI is InChI=1S/C18H28FN.C16H24N.K/c1-13(2)16-7-9-20(10-8-16)12-15-5-6-18(19)17(11-15)14(3)4;1-13(2)15-8-10-17(11-9-15)12-16-7-5-4-6-14(16)3;/h5-6,11,13-14,16H,7-10,12H2,1-4H3;4,6-7,13,15H,8-12H2,1-3H3;/q;-1;+1. The second-order valence-electron chi connectivity index (χ2n) is 12.6. The van der Waals surface area contributed by atoms with Gasteiger partial charge in [-0.15, -0.1) is 5.56 Å². The third-order valence-corrected chi connectivity index (χ3v) is 8.83. The molecule has 0 unspecified atom stereocenters. The maximum Gasteiger partial charge on any atom is 1.00 e. The maximum atomic E-state index is 13.7. The Labute approximate surface area is 276 Å². The summed E-state index contributed by atoms with van der Waals surface area (Å²) in [7, 11) is 0. The summed E-state index contributed by atoms with van der Waals surface area (Å²) in [5.41, 5.74) is 4.93. The molecule has 0 aromatic heterocycles. The number of piperidine rings is 2. The normalized spacial score (nSPS) is 18.0. The molecule has 38 heavy (non-hydrogen) atoms. The van der Waals surface area contributed by atoms with Gasteiger partial charge in [-0.1, -0.05) is 60.6 Å². The first kappa shape index (κ1) is 34.1. The Morgan fingerprint density at radius 3 is 1.82 bits per heavy atom. The molecule has 0 amide bonds. The van der Waals surface area contributed by atoms with E-state index in [0.717, 1.165) is 42.3 Å². The van der Waals surface area contributed by atoms with Crippen molar-refractivity contribution in [2.75, 3.05) is 26.2 Å². The van der Waals surface area contributed by atoms with Crippen LogP contribution in [0.3, 0.4) is 0 Å². The van der Waals surface area contributed by atoms with Crippen molar-refractivity contribution in [3.8, 4) is 0 Å². The Hall–Kier alpha value is -0.0736. The number of likely N-dealkylation sites (tertiary alicyclic amines) is 2. The molecule has 0 bridgehead atoms. The van der Waals surface area contributed by atoms with Crippen LogP contribution in [0, 0.1) is 42.5 Å². The number of hydrogen-bond donors (Lipinski definition) is 0. The molecule has 2 aliphatic rings. The molecular formula is C34H52FKN2. The van der Waals surface area contributed by atoms with E-state index in [2.05, 4.69) is 82.5 Å². The molecule has 0 spiro atoms. The van der Waals surface area contributed by atoms with Crippen LogP contribution in [0.5, 0.6) is 0 Å². The Bertz CT molecular complexity index is 941. The van der Waals surface area contributed by atoms with Crippen molar-refractivity contribution in [1.82, 2.24) is 9.80 Å². The van der Waals surface area contributed by atoms with Gasteiger partial charge < -0.3 is 4.90 Å². The Balaban J connectivity index is 0.000000263. The quantitative estimate of drug-likeness (QED) is 0.335. The van der Waals surface area contributed by atoms with Crippen molar-refractivity contribution in [3.63, 3.8) is 0 Å². The van der Waals surface area contributed by atoms with E-state index in [1.54, 1.807) is 6.07 Å². The molecule has 0 N–H and O–H groups in total. The number of nitrogens with zero attached hydrogens (tertiary/aromatic N) is 2. The number of benzene rings is 2. The molecule has 2 nitrogen and oxygen atoms in total. The van der Waals surface area contributed by atoms with Gasteiger partial charge in [0.2, 0.25) is 0 Å². The van der Waals surface area contributed by atoms with Crippen LogP contribution < -0.4 is 51.4 Å². The summed E-state index contributed by atoms with van der Waals surface area (Å²) in [4.78, 5) is 5.10. The number of rotatable bonds is 7. The third kappa shape index (κ3) is 10.7. The van der Waals surface area contributed by atoms with Gasteiger partial charge in [-0.05, 0) is 105 Å². The van der Waals surface area contributed by atoms with Crippen LogP contribution in [0.15, 0.2) is 36.4 Å². The van der Waals surface area contributed by atoms with E-state index in [-0.39, 0.29) is 63.1 Å². The molecule has 0 saturated carbocycles. The predicted octanol–water partition coefficient (Wildman–Crippen LogP) is 5.48. The zero-order valence-electron chi connectivity index (χ0n) is 25.7. The van der Waals surface area contributed by atoms with Crippen LogP contribution in [-0.4, -0.2) is 36.0 Å². The Kier molecular flexibility index (Phi) is 15.3. The molecule has 2 heterocycles. The maximum absolute atomic E-state index is 13.7. The summed E-state index contributed by atoms with van der Waals surface area (Å²) in [6, 6.07) is 15.1. The first-order valence-electron chi connectivity index (χ1n) is 14.8. The number of halogens is 1. The number of aryl methyl sites for hydroxylation is 1. The van der Waals surface area contributed by atoms with Gasteiger partial charge in [-0.2, -0.15) is 29.8 Å². The van der Waals surface area contributed by atoms with Gasteiger partial charge in [0.25, 0.3) is 0 Å². The van der Waals surface area contributed by atoms with Crippen molar-refractivity contribution in [1.29, 1.82) is 0 Å². The topological polar surface area (TPSA) is 6.48 Å². The number of hydrogen-bond acceptors (Lipinski definition) is 2. The first-order chi connectivity index (χ1) is 17.6. The smallest absolute Gasteiger partial charge is 0.310 e. The molecule has 0 radical (unpaired) electrons. The van der Waals surface area contributed by atoms with Crippen LogP contribution in [0.25, 0.3) is 0 Å². The van der Waals surface area contributed by atoms with Crippen molar-refractivity contribution < 1.29 is 55.8 Å². The van der Waals surface area contributed by atoms with Gasteiger partial charge in [0, 0.05) is 6.54 Å².